The summed E-state index contributed by atoms with van der Waals surface area (Å²) in [5.74, 6) is 0.135. The molecule has 6 nitrogen and oxygen atoms in total. The van der Waals surface area contributed by atoms with Gasteiger partial charge in [0.15, 0.2) is 11.9 Å². The highest BCUT2D eigenvalue weighted by atomic mass is 19.1. The molecule has 1 saturated heterocycles. The number of ether oxygens (including phenoxy) is 2. The predicted octanol–water partition coefficient (Wildman–Crippen LogP) is 2.45. The van der Waals surface area contributed by atoms with Gasteiger partial charge in [-0.15, -0.1) is 0 Å². The maximum atomic E-state index is 12.8. The minimum Gasteiger partial charge on any atom is -0.481 e. The van der Waals surface area contributed by atoms with Gasteiger partial charge in [-0.3, -0.25) is 4.79 Å². The Hall–Kier alpha value is -2.70. The monoisotopic (exact) mass is 345 g/mol. The third-order valence-corrected chi connectivity index (χ3v) is 4.03. The SMILES string of the molecule is CC(Oc1ccccc1)C(=O)N1CCC(Oc2ncc(F)cn2)CC1. The topological polar surface area (TPSA) is 64.5 Å². The van der Waals surface area contributed by atoms with Crippen molar-refractivity contribution in [3.05, 3.63) is 48.5 Å². The van der Waals surface area contributed by atoms with Crippen LogP contribution in [0.4, 0.5) is 4.39 Å². The summed E-state index contributed by atoms with van der Waals surface area (Å²) in [5.41, 5.74) is 0. The maximum absolute atomic E-state index is 12.8. The molecule has 0 N–H and O–H groups in total. The lowest BCUT2D eigenvalue weighted by molar-refractivity contribution is -0.139. The van der Waals surface area contributed by atoms with Crippen LogP contribution in [-0.4, -0.2) is 46.1 Å². The maximum Gasteiger partial charge on any atom is 0.316 e. The highest BCUT2D eigenvalue weighted by Gasteiger charge is 2.28. The number of benzene rings is 1. The van der Waals surface area contributed by atoms with Crippen LogP contribution in [0.2, 0.25) is 0 Å². The van der Waals surface area contributed by atoms with Gasteiger partial charge >= 0.3 is 6.01 Å². The van der Waals surface area contributed by atoms with Gasteiger partial charge in [0.25, 0.3) is 5.91 Å². The van der Waals surface area contributed by atoms with Gasteiger partial charge in [0.1, 0.15) is 11.9 Å². The second-order valence-corrected chi connectivity index (χ2v) is 5.90. The molecule has 0 aliphatic carbocycles. The van der Waals surface area contributed by atoms with Crippen LogP contribution < -0.4 is 9.47 Å². The third kappa shape index (κ3) is 4.65. The zero-order chi connectivity index (χ0) is 17.6. The molecule has 2 aromatic rings. The summed E-state index contributed by atoms with van der Waals surface area (Å²) in [6, 6.07) is 9.44. The molecule has 25 heavy (non-hydrogen) atoms. The quantitative estimate of drug-likeness (QED) is 0.833. The van der Waals surface area contributed by atoms with E-state index in [1.807, 2.05) is 30.3 Å². The fourth-order valence-corrected chi connectivity index (χ4v) is 2.72. The number of hydrogen-bond donors (Lipinski definition) is 0. The number of para-hydroxylation sites is 1. The van der Waals surface area contributed by atoms with Crippen LogP contribution in [0.3, 0.4) is 0 Å². The first-order chi connectivity index (χ1) is 12.1. The third-order valence-electron chi connectivity index (χ3n) is 4.03. The van der Waals surface area contributed by atoms with Crippen LogP contribution in [0.25, 0.3) is 0 Å². The molecule has 1 amide bonds. The van der Waals surface area contributed by atoms with Crippen molar-refractivity contribution in [1.82, 2.24) is 14.9 Å². The van der Waals surface area contributed by atoms with Gasteiger partial charge in [0.2, 0.25) is 0 Å². The molecular weight excluding hydrogens is 325 g/mol. The number of hydrogen-bond acceptors (Lipinski definition) is 5. The Morgan fingerprint density at radius 1 is 1.20 bits per heavy atom. The summed E-state index contributed by atoms with van der Waals surface area (Å²) in [4.78, 5) is 21.9. The second-order valence-electron chi connectivity index (χ2n) is 5.90. The van der Waals surface area contributed by atoms with Crippen LogP contribution >= 0.6 is 0 Å². The van der Waals surface area contributed by atoms with Gasteiger partial charge in [-0.05, 0) is 19.1 Å². The van der Waals surface area contributed by atoms with E-state index < -0.39 is 11.9 Å². The Morgan fingerprint density at radius 3 is 2.48 bits per heavy atom. The minimum atomic E-state index is -0.541. The van der Waals surface area contributed by atoms with E-state index in [1.165, 1.54) is 0 Å². The average Bonchev–Trinajstić information content (AvgIpc) is 2.64. The average molecular weight is 345 g/mol. The van der Waals surface area contributed by atoms with Gasteiger partial charge in [-0.25, -0.2) is 14.4 Å². The first kappa shape index (κ1) is 17.1. The number of carbonyl (C=O) groups excluding carboxylic acids is 1. The number of rotatable bonds is 5. The summed E-state index contributed by atoms with van der Waals surface area (Å²) in [6.07, 6.45) is 2.86. The van der Waals surface area contributed by atoms with E-state index in [9.17, 15) is 9.18 Å². The zero-order valence-electron chi connectivity index (χ0n) is 14.0. The van der Waals surface area contributed by atoms with Crippen molar-refractivity contribution in [2.24, 2.45) is 0 Å². The van der Waals surface area contributed by atoms with Crippen molar-refractivity contribution in [3.8, 4) is 11.8 Å². The lowest BCUT2D eigenvalue weighted by atomic mass is 10.1. The second kappa shape index (κ2) is 7.92. The Balaban J connectivity index is 1.48. The standard InChI is InChI=1S/C18H20FN3O3/c1-13(24-15-5-3-2-4-6-15)17(23)22-9-7-16(8-10-22)25-18-20-11-14(19)12-21-18/h2-6,11-13,16H,7-10H2,1H3. The number of piperidine rings is 1. The Morgan fingerprint density at radius 2 is 1.84 bits per heavy atom. The van der Waals surface area contributed by atoms with Crippen molar-refractivity contribution in [3.63, 3.8) is 0 Å². The first-order valence-corrected chi connectivity index (χ1v) is 8.26. The fraction of sp³-hybridized carbons (Fsp3) is 0.389. The normalized spacial score (nSPS) is 16.3. The lowest BCUT2D eigenvalue weighted by Gasteiger charge is -2.33. The molecule has 0 saturated carbocycles. The molecule has 1 fully saturated rings. The largest absolute Gasteiger partial charge is 0.481 e. The van der Waals surface area contributed by atoms with Crippen LogP contribution in [0, 0.1) is 5.82 Å². The molecule has 3 rings (SSSR count). The lowest BCUT2D eigenvalue weighted by Crippen LogP contribution is -2.46. The van der Waals surface area contributed by atoms with Crippen molar-refractivity contribution < 1.29 is 18.7 Å². The summed E-state index contributed by atoms with van der Waals surface area (Å²) in [5, 5.41) is 0. The molecule has 1 aliphatic rings. The predicted molar refractivity (Wildman–Crippen MR) is 88.8 cm³/mol. The van der Waals surface area contributed by atoms with Crippen LogP contribution in [0.5, 0.6) is 11.8 Å². The summed E-state index contributed by atoms with van der Waals surface area (Å²) in [6.45, 7) is 2.91. The van der Waals surface area contributed by atoms with E-state index in [0.717, 1.165) is 12.4 Å². The Bertz CT molecular complexity index is 688. The molecule has 7 heteroatoms. The number of halogens is 1. The molecule has 0 bridgehead atoms. The Kier molecular flexibility index (Phi) is 5.42. The molecule has 1 atom stereocenters. The molecule has 1 aromatic carbocycles. The number of carbonyl (C=O) groups is 1. The molecule has 0 radical (unpaired) electrons. The number of aromatic nitrogens is 2. The zero-order valence-corrected chi connectivity index (χ0v) is 14.0. The van der Waals surface area contributed by atoms with Crippen LogP contribution in [0.15, 0.2) is 42.7 Å². The van der Waals surface area contributed by atoms with Gasteiger partial charge in [-0.2, -0.15) is 0 Å². The highest BCUT2D eigenvalue weighted by molar-refractivity contribution is 5.81. The highest BCUT2D eigenvalue weighted by Crippen LogP contribution is 2.18. The molecule has 1 aromatic heterocycles. The molecule has 0 spiro atoms. The molecular formula is C18H20FN3O3. The fourth-order valence-electron chi connectivity index (χ4n) is 2.72. The summed E-state index contributed by atoms with van der Waals surface area (Å²) >= 11 is 0. The molecule has 2 heterocycles. The van der Waals surface area contributed by atoms with Crippen molar-refractivity contribution in [1.29, 1.82) is 0 Å². The van der Waals surface area contributed by atoms with Gasteiger partial charge in [0.05, 0.1) is 12.4 Å². The van der Waals surface area contributed by atoms with Crippen LogP contribution in [-0.2, 0) is 4.79 Å². The Labute approximate surface area is 145 Å². The number of amides is 1. The smallest absolute Gasteiger partial charge is 0.316 e. The summed E-state index contributed by atoms with van der Waals surface area (Å²) < 4.78 is 24.1. The first-order valence-electron chi connectivity index (χ1n) is 8.26. The van der Waals surface area contributed by atoms with E-state index in [2.05, 4.69) is 9.97 Å². The van der Waals surface area contributed by atoms with Crippen molar-refractivity contribution >= 4 is 5.91 Å². The molecule has 132 valence electrons. The van der Waals surface area contributed by atoms with Gasteiger partial charge in [0, 0.05) is 25.9 Å². The van der Waals surface area contributed by atoms with Crippen molar-refractivity contribution in [2.45, 2.75) is 32.0 Å². The van der Waals surface area contributed by atoms with E-state index in [1.54, 1.807) is 11.8 Å². The van der Waals surface area contributed by atoms with E-state index in [-0.39, 0.29) is 18.0 Å². The summed E-state index contributed by atoms with van der Waals surface area (Å²) in [7, 11) is 0. The van der Waals surface area contributed by atoms with Crippen LogP contribution in [0.1, 0.15) is 19.8 Å². The van der Waals surface area contributed by atoms with Gasteiger partial charge in [-0.1, -0.05) is 18.2 Å². The van der Waals surface area contributed by atoms with E-state index >= 15 is 0 Å². The van der Waals surface area contributed by atoms with Gasteiger partial charge < -0.3 is 14.4 Å². The van der Waals surface area contributed by atoms with E-state index in [0.29, 0.717) is 31.7 Å². The van der Waals surface area contributed by atoms with Crippen molar-refractivity contribution in [2.75, 3.05) is 13.1 Å². The minimum absolute atomic E-state index is 0.0414. The number of nitrogens with zero attached hydrogens (tertiary/aromatic N) is 3. The van der Waals surface area contributed by atoms with E-state index in [4.69, 9.17) is 9.47 Å². The number of likely N-dealkylation sites (tertiary alicyclic amines) is 1. The molecule has 1 aliphatic heterocycles. The molecule has 1 unspecified atom stereocenters.